The average Bonchev–Trinajstić information content (AvgIpc) is 3.30. The maximum absolute atomic E-state index is 13.1. The Kier molecular flexibility index (Phi) is 4.68. The van der Waals surface area contributed by atoms with Gasteiger partial charge in [-0.1, -0.05) is 6.92 Å². The van der Waals surface area contributed by atoms with Gasteiger partial charge in [0, 0.05) is 13.2 Å². The summed E-state index contributed by atoms with van der Waals surface area (Å²) in [7, 11) is -2.28. The first kappa shape index (κ1) is 20.7. The number of H-pyrrole nitrogens is 1. The molecule has 0 saturated heterocycles. The van der Waals surface area contributed by atoms with Crippen LogP contribution in [0.15, 0.2) is 40.4 Å². The van der Waals surface area contributed by atoms with Crippen molar-refractivity contribution in [3.63, 3.8) is 0 Å². The number of pyridine rings is 2. The quantitative estimate of drug-likeness (QED) is 0.498. The third-order valence-corrected chi connectivity index (χ3v) is 6.32. The zero-order chi connectivity index (χ0) is 22.6. The van der Waals surface area contributed by atoms with Crippen molar-refractivity contribution in [3.05, 3.63) is 46.8 Å². The summed E-state index contributed by atoms with van der Waals surface area (Å²) in [6, 6.07) is 3.49. The highest BCUT2D eigenvalue weighted by molar-refractivity contribution is 7.91. The van der Waals surface area contributed by atoms with E-state index in [4.69, 9.17) is 0 Å². The summed E-state index contributed by atoms with van der Waals surface area (Å²) < 4.78 is 67.0. The van der Waals surface area contributed by atoms with E-state index in [1.54, 1.807) is 0 Å². The highest BCUT2D eigenvalue weighted by Gasteiger charge is 2.32. The van der Waals surface area contributed by atoms with Crippen LogP contribution in [0.2, 0.25) is 0 Å². The number of halogens is 3. The smallest absolute Gasteiger partial charge is 0.310 e. The van der Waals surface area contributed by atoms with E-state index in [9.17, 15) is 26.4 Å². The number of fused-ring (bicyclic) bond motifs is 1. The van der Waals surface area contributed by atoms with Gasteiger partial charge in [0.25, 0.3) is 0 Å². The van der Waals surface area contributed by atoms with E-state index in [2.05, 4.69) is 25.0 Å². The van der Waals surface area contributed by atoms with E-state index in [0.717, 1.165) is 12.4 Å². The first-order chi connectivity index (χ1) is 14.5. The number of imidazole rings is 1. The van der Waals surface area contributed by atoms with Crippen LogP contribution >= 0.6 is 0 Å². The number of nitrogens with zero attached hydrogens (tertiary/aromatic N) is 6. The summed E-state index contributed by atoms with van der Waals surface area (Å²) in [6.45, 7) is 1.45. The largest absolute Gasteiger partial charge is 0.417 e. The minimum absolute atomic E-state index is 0.00170. The van der Waals surface area contributed by atoms with E-state index in [1.165, 1.54) is 35.4 Å². The van der Waals surface area contributed by atoms with E-state index < -0.39 is 27.3 Å². The molecule has 1 N–H and O–H groups in total. The Balaban J connectivity index is 2.00. The lowest BCUT2D eigenvalue weighted by Gasteiger charge is -2.11. The molecule has 14 heteroatoms. The SMILES string of the molecule is CCS(=O)(=O)c1ccc(-n2cnc(=O)[nH]2)nc1-c1nc2cc(C(F)(F)F)cnc2n1C. The second-order valence-corrected chi connectivity index (χ2v) is 8.76. The van der Waals surface area contributed by atoms with Crippen LogP contribution in [0.4, 0.5) is 13.2 Å². The molecule has 162 valence electrons. The molecule has 0 aromatic carbocycles. The minimum atomic E-state index is -4.61. The van der Waals surface area contributed by atoms with Crippen LogP contribution < -0.4 is 5.69 Å². The number of rotatable bonds is 4. The molecule has 4 aromatic heterocycles. The van der Waals surface area contributed by atoms with Crippen molar-refractivity contribution in [1.82, 2.24) is 34.3 Å². The molecule has 0 aliphatic rings. The molecule has 4 aromatic rings. The van der Waals surface area contributed by atoms with Crippen molar-refractivity contribution in [2.75, 3.05) is 5.75 Å². The maximum atomic E-state index is 13.1. The number of sulfone groups is 1. The normalized spacial score (nSPS) is 12.5. The van der Waals surface area contributed by atoms with Crippen molar-refractivity contribution >= 4 is 21.0 Å². The van der Waals surface area contributed by atoms with Crippen LogP contribution in [0.3, 0.4) is 0 Å². The third-order valence-electron chi connectivity index (χ3n) is 4.56. The molecule has 4 heterocycles. The molecule has 4 rings (SSSR count). The Morgan fingerprint density at radius 1 is 1.16 bits per heavy atom. The summed E-state index contributed by atoms with van der Waals surface area (Å²) in [5, 5.41) is 2.38. The Morgan fingerprint density at radius 3 is 2.52 bits per heavy atom. The van der Waals surface area contributed by atoms with Gasteiger partial charge < -0.3 is 4.57 Å². The summed E-state index contributed by atoms with van der Waals surface area (Å²) >= 11 is 0. The van der Waals surface area contributed by atoms with Crippen LogP contribution in [0.25, 0.3) is 28.5 Å². The molecule has 0 fully saturated rings. The lowest BCUT2D eigenvalue weighted by molar-refractivity contribution is -0.137. The maximum Gasteiger partial charge on any atom is 0.417 e. The lowest BCUT2D eigenvalue weighted by atomic mass is 10.2. The van der Waals surface area contributed by atoms with Gasteiger partial charge >= 0.3 is 11.9 Å². The monoisotopic (exact) mass is 453 g/mol. The van der Waals surface area contributed by atoms with Crippen LogP contribution in [-0.2, 0) is 23.1 Å². The van der Waals surface area contributed by atoms with E-state index in [0.29, 0.717) is 6.20 Å². The molecular formula is C17H14F3N7O3S. The van der Waals surface area contributed by atoms with E-state index in [-0.39, 0.29) is 39.1 Å². The summed E-state index contributed by atoms with van der Waals surface area (Å²) in [6.07, 6.45) is -2.77. The molecule has 0 amide bonds. The topological polar surface area (TPSA) is 128 Å². The predicted octanol–water partition coefficient (Wildman–Crippen LogP) is 1.72. The van der Waals surface area contributed by atoms with Crippen LogP contribution in [0.5, 0.6) is 0 Å². The molecule has 0 spiro atoms. The van der Waals surface area contributed by atoms with Gasteiger partial charge in [-0.15, -0.1) is 0 Å². The molecule has 0 aliphatic carbocycles. The third kappa shape index (κ3) is 3.58. The van der Waals surface area contributed by atoms with Crippen molar-refractivity contribution in [2.24, 2.45) is 7.05 Å². The number of aromatic amines is 1. The van der Waals surface area contributed by atoms with Gasteiger partial charge in [0.05, 0.1) is 16.2 Å². The number of alkyl halides is 3. The molecule has 0 unspecified atom stereocenters. The molecule has 0 saturated carbocycles. The van der Waals surface area contributed by atoms with Crippen LogP contribution in [0.1, 0.15) is 12.5 Å². The fourth-order valence-corrected chi connectivity index (χ4v) is 3.99. The standard InChI is InChI=1S/C17H14F3N7O3S/c1-3-31(29,30)11-4-5-12(27-8-22-16(28)25-27)24-13(11)15-23-10-6-9(17(18,19)20)7-21-14(10)26(15)2/h4-8H,3H2,1-2H3,(H,25,28). The Hall–Kier alpha value is -3.55. The fourth-order valence-electron chi connectivity index (χ4n) is 2.97. The summed E-state index contributed by atoms with van der Waals surface area (Å²) in [5.41, 5.74) is -1.67. The molecule has 10 nitrogen and oxygen atoms in total. The Labute approximate surface area is 172 Å². The fraction of sp³-hybridized carbons (Fsp3) is 0.235. The number of hydrogen-bond donors (Lipinski definition) is 1. The van der Waals surface area contributed by atoms with Gasteiger partial charge in [-0.3, -0.25) is 0 Å². The van der Waals surface area contributed by atoms with Crippen molar-refractivity contribution < 1.29 is 21.6 Å². The van der Waals surface area contributed by atoms with Gasteiger partial charge in [-0.05, 0) is 18.2 Å². The van der Waals surface area contributed by atoms with Gasteiger partial charge in [0.2, 0.25) is 0 Å². The van der Waals surface area contributed by atoms with Crippen molar-refractivity contribution in [2.45, 2.75) is 18.0 Å². The first-order valence-corrected chi connectivity index (χ1v) is 10.4. The Morgan fingerprint density at radius 2 is 1.90 bits per heavy atom. The molecule has 31 heavy (non-hydrogen) atoms. The van der Waals surface area contributed by atoms with Crippen molar-refractivity contribution in [3.8, 4) is 17.3 Å². The number of aryl methyl sites for hydroxylation is 1. The summed E-state index contributed by atoms with van der Waals surface area (Å²) in [5.74, 6) is -0.0996. The number of hydrogen-bond acceptors (Lipinski definition) is 7. The van der Waals surface area contributed by atoms with Gasteiger partial charge in [-0.25, -0.2) is 37.9 Å². The van der Waals surface area contributed by atoms with Gasteiger partial charge in [-0.2, -0.15) is 18.2 Å². The average molecular weight is 453 g/mol. The first-order valence-electron chi connectivity index (χ1n) is 8.79. The highest BCUT2D eigenvalue weighted by Crippen LogP contribution is 2.33. The minimum Gasteiger partial charge on any atom is -0.310 e. The molecular weight excluding hydrogens is 439 g/mol. The van der Waals surface area contributed by atoms with Crippen LogP contribution in [0, 0.1) is 0 Å². The Bertz CT molecular complexity index is 1470. The van der Waals surface area contributed by atoms with Gasteiger partial charge in [0.15, 0.2) is 27.1 Å². The zero-order valence-electron chi connectivity index (χ0n) is 16.0. The van der Waals surface area contributed by atoms with Crippen LogP contribution in [-0.4, -0.2) is 48.5 Å². The van der Waals surface area contributed by atoms with Gasteiger partial charge in [0.1, 0.15) is 17.5 Å². The molecule has 0 radical (unpaired) electrons. The zero-order valence-corrected chi connectivity index (χ0v) is 16.9. The second kappa shape index (κ2) is 7.01. The lowest BCUT2D eigenvalue weighted by Crippen LogP contribution is -2.12. The second-order valence-electron chi connectivity index (χ2n) is 6.51. The number of nitrogens with one attached hydrogen (secondary N) is 1. The van der Waals surface area contributed by atoms with E-state index in [1.807, 2.05) is 0 Å². The molecule has 0 bridgehead atoms. The molecule has 0 aliphatic heterocycles. The van der Waals surface area contributed by atoms with E-state index >= 15 is 0 Å². The molecule has 0 atom stereocenters. The highest BCUT2D eigenvalue weighted by atomic mass is 32.2. The van der Waals surface area contributed by atoms with Crippen molar-refractivity contribution in [1.29, 1.82) is 0 Å². The predicted molar refractivity (Wildman–Crippen MR) is 102 cm³/mol. The number of aromatic nitrogens is 7. The summed E-state index contributed by atoms with van der Waals surface area (Å²) in [4.78, 5) is 27.0.